The van der Waals surface area contributed by atoms with E-state index in [1.807, 2.05) is 24.0 Å². The van der Waals surface area contributed by atoms with E-state index in [1.54, 1.807) is 11.6 Å². The molecule has 0 saturated carbocycles. The van der Waals surface area contributed by atoms with Crippen LogP contribution in [0.4, 0.5) is 0 Å². The molecule has 0 radical (unpaired) electrons. The number of amides is 1. The fraction of sp³-hybridized carbons (Fsp3) is 0.452. The fourth-order valence-electron chi connectivity index (χ4n) is 5.06. The largest absolute Gasteiger partial charge is 0.454 e. The highest BCUT2D eigenvalue weighted by molar-refractivity contribution is 7.99. The summed E-state index contributed by atoms with van der Waals surface area (Å²) in [7, 11) is 1.74. The van der Waals surface area contributed by atoms with Gasteiger partial charge in [0, 0.05) is 57.4 Å². The van der Waals surface area contributed by atoms with Gasteiger partial charge in [0.2, 0.25) is 12.7 Å². The number of aromatic nitrogens is 2. The molecule has 0 N–H and O–H groups in total. The highest BCUT2D eigenvalue weighted by Gasteiger charge is 2.23. The number of ether oxygens (including phenoxy) is 2. The summed E-state index contributed by atoms with van der Waals surface area (Å²) in [6.45, 7) is 12.5. The van der Waals surface area contributed by atoms with Gasteiger partial charge in [-0.1, -0.05) is 62.9 Å². The first kappa shape index (κ1) is 28.2. The number of rotatable bonds is 7. The van der Waals surface area contributed by atoms with Gasteiger partial charge in [-0.25, -0.2) is 4.98 Å². The Balaban J connectivity index is 1.14. The van der Waals surface area contributed by atoms with Crippen molar-refractivity contribution < 1.29 is 14.3 Å². The second-order valence-electron chi connectivity index (χ2n) is 11.6. The van der Waals surface area contributed by atoms with E-state index in [9.17, 15) is 9.59 Å². The molecule has 9 heteroatoms. The molecule has 0 spiro atoms. The van der Waals surface area contributed by atoms with Crippen LogP contribution < -0.4 is 15.0 Å². The molecule has 1 aromatic heterocycles. The zero-order valence-corrected chi connectivity index (χ0v) is 24.8. The molecule has 0 unspecified atom stereocenters. The summed E-state index contributed by atoms with van der Waals surface area (Å²) in [6, 6.07) is 14.5. The molecule has 3 aromatic rings. The zero-order valence-electron chi connectivity index (χ0n) is 24.0. The number of aryl methyl sites for hydroxylation is 1. The van der Waals surface area contributed by atoms with Crippen LogP contribution >= 0.6 is 11.8 Å². The lowest BCUT2D eigenvalue weighted by atomic mass is 9.86. The number of fused-ring (bicyclic) bond motifs is 1. The van der Waals surface area contributed by atoms with Crippen LogP contribution in [0.1, 0.15) is 48.7 Å². The van der Waals surface area contributed by atoms with Crippen molar-refractivity contribution >= 4 is 17.7 Å². The van der Waals surface area contributed by atoms with Gasteiger partial charge in [0.15, 0.2) is 16.7 Å². The van der Waals surface area contributed by atoms with Crippen molar-refractivity contribution in [2.24, 2.45) is 7.05 Å². The quantitative estimate of drug-likeness (QED) is 0.316. The molecule has 1 saturated heterocycles. The first-order valence-electron chi connectivity index (χ1n) is 13.8. The van der Waals surface area contributed by atoms with Crippen LogP contribution in [0.25, 0.3) is 0 Å². The Kier molecular flexibility index (Phi) is 8.24. The van der Waals surface area contributed by atoms with E-state index in [0.717, 1.165) is 42.4 Å². The lowest BCUT2D eigenvalue weighted by Gasteiger charge is -2.34. The number of nitrogens with zero attached hydrogens (tertiary/aromatic N) is 4. The van der Waals surface area contributed by atoms with Gasteiger partial charge < -0.3 is 14.4 Å². The molecule has 2 aromatic carbocycles. The molecule has 5 rings (SSSR count). The second kappa shape index (κ2) is 11.7. The van der Waals surface area contributed by atoms with Gasteiger partial charge in [-0.15, -0.1) is 0 Å². The summed E-state index contributed by atoms with van der Waals surface area (Å²) in [5.41, 5.74) is 4.97. The number of thioether (sulfide) groups is 1. The van der Waals surface area contributed by atoms with E-state index in [-0.39, 0.29) is 29.4 Å². The summed E-state index contributed by atoms with van der Waals surface area (Å²) in [4.78, 5) is 35.2. The Morgan fingerprint density at radius 1 is 0.975 bits per heavy atom. The van der Waals surface area contributed by atoms with Crippen molar-refractivity contribution in [2.45, 2.75) is 51.2 Å². The number of carbonyl (C=O) groups is 1. The van der Waals surface area contributed by atoms with Crippen LogP contribution in [0, 0.1) is 6.92 Å². The number of hydrogen-bond donors (Lipinski definition) is 0. The molecular formula is C31H38N4O4S. The van der Waals surface area contributed by atoms with Gasteiger partial charge in [-0.2, -0.15) is 0 Å². The maximum atomic E-state index is 13.2. The van der Waals surface area contributed by atoms with Crippen molar-refractivity contribution in [1.29, 1.82) is 0 Å². The van der Waals surface area contributed by atoms with Crippen LogP contribution in [0.3, 0.4) is 0 Å². The predicted molar refractivity (Wildman–Crippen MR) is 157 cm³/mol. The van der Waals surface area contributed by atoms with Crippen LogP contribution in [-0.2, 0) is 30.2 Å². The lowest BCUT2D eigenvalue weighted by molar-refractivity contribution is -0.130. The van der Waals surface area contributed by atoms with Gasteiger partial charge in [0.25, 0.3) is 5.56 Å². The summed E-state index contributed by atoms with van der Waals surface area (Å²) in [5, 5.41) is 0.573. The molecule has 40 heavy (non-hydrogen) atoms. The third-order valence-corrected chi connectivity index (χ3v) is 8.66. The minimum Gasteiger partial charge on any atom is -0.454 e. The summed E-state index contributed by atoms with van der Waals surface area (Å²) >= 11 is 1.33. The Labute approximate surface area is 240 Å². The topological polar surface area (TPSA) is 76.9 Å². The van der Waals surface area contributed by atoms with Crippen LogP contribution in [0.2, 0.25) is 0 Å². The monoisotopic (exact) mass is 562 g/mol. The van der Waals surface area contributed by atoms with Gasteiger partial charge in [-0.05, 0) is 41.2 Å². The molecule has 0 atom stereocenters. The van der Waals surface area contributed by atoms with E-state index >= 15 is 0 Å². The van der Waals surface area contributed by atoms with E-state index in [2.05, 4.69) is 56.0 Å². The van der Waals surface area contributed by atoms with E-state index in [1.165, 1.54) is 22.9 Å². The third kappa shape index (κ3) is 6.36. The van der Waals surface area contributed by atoms with Gasteiger partial charge >= 0.3 is 0 Å². The maximum Gasteiger partial charge on any atom is 0.257 e. The number of piperazine rings is 1. The summed E-state index contributed by atoms with van der Waals surface area (Å²) < 4.78 is 12.5. The summed E-state index contributed by atoms with van der Waals surface area (Å²) in [5.74, 6) is 1.92. The maximum absolute atomic E-state index is 13.2. The molecule has 2 aliphatic rings. The Bertz CT molecular complexity index is 1440. The van der Waals surface area contributed by atoms with E-state index < -0.39 is 0 Å². The fourth-order valence-corrected chi connectivity index (χ4v) is 5.97. The van der Waals surface area contributed by atoms with Crippen molar-refractivity contribution in [3.05, 3.63) is 80.8 Å². The normalized spacial score (nSPS) is 15.5. The molecule has 0 aliphatic carbocycles. The van der Waals surface area contributed by atoms with Crippen LogP contribution in [-0.4, -0.2) is 64.0 Å². The molecule has 0 bridgehead atoms. The van der Waals surface area contributed by atoms with E-state index in [4.69, 9.17) is 14.5 Å². The summed E-state index contributed by atoms with van der Waals surface area (Å²) in [6.07, 6.45) is 0.538. The molecule has 3 heterocycles. The molecule has 8 nitrogen and oxygen atoms in total. The minimum atomic E-state index is -0.0560. The van der Waals surface area contributed by atoms with E-state index in [0.29, 0.717) is 30.2 Å². The average Bonchev–Trinajstić information content (AvgIpc) is 3.40. The van der Waals surface area contributed by atoms with Crippen molar-refractivity contribution in [1.82, 2.24) is 19.4 Å². The van der Waals surface area contributed by atoms with Crippen molar-refractivity contribution in [3.63, 3.8) is 0 Å². The molecule has 1 amide bonds. The molecule has 212 valence electrons. The lowest BCUT2D eigenvalue weighted by Crippen LogP contribution is -2.48. The Morgan fingerprint density at radius 2 is 1.65 bits per heavy atom. The Hall–Kier alpha value is -3.30. The third-order valence-electron chi connectivity index (χ3n) is 7.64. The first-order valence-corrected chi connectivity index (χ1v) is 14.7. The van der Waals surface area contributed by atoms with Crippen molar-refractivity contribution in [3.8, 4) is 11.5 Å². The standard InChI is InChI=1S/C31H38N4O4S/c1-21-25(16-22-6-9-24(10-7-22)31(2,3)4)29(37)33(5)30(32-21)40-19-28(36)35-14-12-34(13-15-35)18-23-8-11-26-27(17-23)39-20-38-26/h6-11,17H,12-16,18-20H2,1-5H3. The van der Waals surface area contributed by atoms with Gasteiger partial charge in [0.05, 0.1) is 5.75 Å². The van der Waals surface area contributed by atoms with Crippen LogP contribution in [0.15, 0.2) is 52.4 Å². The van der Waals surface area contributed by atoms with Gasteiger partial charge in [-0.3, -0.25) is 19.1 Å². The smallest absolute Gasteiger partial charge is 0.257 e. The predicted octanol–water partition coefficient (Wildman–Crippen LogP) is 4.14. The number of hydrogen-bond acceptors (Lipinski definition) is 7. The SMILES string of the molecule is Cc1nc(SCC(=O)N2CCN(Cc3ccc4c(c3)OCO4)CC2)n(C)c(=O)c1Cc1ccc(C(C)(C)C)cc1. The molecular weight excluding hydrogens is 524 g/mol. The molecule has 1 fully saturated rings. The average molecular weight is 563 g/mol. The highest BCUT2D eigenvalue weighted by atomic mass is 32.2. The number of benzene rings is 2. The zero-order chi connectivity index (χ0) is 28.4. The van der Waals surface area contributed by atoms with Gasteiger partial charge in [0.1, 0.15) is 0 Å². The Morgan fingerprint density at radius 3 is 2.35 bits per heavy atom. The minimum absolute atomic E-state index is 0.0560. The number of carbonyl (C=O) groups excluding carboxylic acids is 1. The van der Waals surface area contributed by atoms with Crippen LogP contribution in [0.5, 0.6) is 11.5 Å². The van der Waals surface area contributed by atoms with Crippen molar-refractivity contribution in [2.75, 3.05) is 38.7 Å². The second-order valence-corrected chi connectivity index (χ2v) is 12.5. The first-order chi connectivity index (χ1) is 19.1. The molecule has 2 aliphatic heterocycles. The highest BCUT2D eigenvalue weighted by Crippen LogP contribution is 2.33.